The van der Waals surface area contributed by atoms with E-state index in [4.69, 9.17) is 0 Å². The number of anilines is 1. The molecule has 0 bridgehead atoms. The summed E-state index contributed by atoms with van der Waals surface area (Å²) in [5.41, 5.74) is -0.620. The van der Waals surface area contributed by atoms with Crippen molar-refractivity contribution in [3.8, 4) is 0 Å². The van der Waals surface area contributed by atoms with Crippen molar-refractivity contribution in [2.75, 3.05) is 5.32 Å². The normalized spacial score (nSPS) is 13.4. The minimum Gasteiger partial charge on any atom is -0.301 e. The Balaban J connectivity index is 2.34. The van der Waals surface area contributed by atoms with Crippen molar-refractivity contribution >= 4 is 32.2 Å². The Morgan fingerprint density at radius 3 is 2.21 bits per heavy atom. The van der Waals surface area contributed by atoms with Gasteiger partial charge in [0.05, 0.1) is 16.2 Å². The summed E-state index contributed by atoms with van der Waals surface area (Å²) in [5, 5.41) is 4.44. The van der Waals surface area contributed by atoms with Gasteiger partial charge in [-0.1, -0.05) is 26.8 Å². The number of rotatable bonds is 4. The van der Waals surface area contributed by atoms with E-state index in [1.54, 1.807) is 5.38 Å². The van der Waals surface area contributed by atoms with Gasteiger partial charge in [0.2, 0.25) is 5.91 Å². The van der Waals surface area contributed by atoms with Crippen LogP contribution in [0.4, 0.5) is 18.3 Å². The lowest BCUT2D eigenvalue weighted by molar-refractivity contribution is -0.137. The van der Waals surface area contributed by atoms with Crippen LogP contribution in [-0.4, -0.2) is 24.1 Å². The fraction of sp³-hybridized carbons (Fsp3) is 0.444. The number of carbonyl (C=O) groups is 1. The molecule has 1 aromatic carbocycles. The van der Waals surface area contributed by atoms with Gasteiger partial charge in [0, 0.05) is 10.8 Å². The molecule has 0 radical (unpaired) electrons. The van der Waals surface area contributed by atoms with E-state index in [0.29, 0.717) is 6.07 Å². The first-order valence-electron chi connectivity index (χ1n) is 8.26. The maximum Gasteiger partial charge on any atom is 0.416 e. The summed E-state index contributed by atoms with van der Waals surface area (Å²) in [6.45, 7) is 8.12. The van der Waals surface area contributed by atoms with E-state index in [1.807, 2.05) is 20.8 Å². The highest BCUT2D eigenvalue weighted by Crippen LogP contribution is 2.34. The number of benzene rings is 1. The van der Waals surface area contributed by atoms with Crippen molar-refractivity contribution in [3.63, 3.8) is 0 Å². The summed E-state index contributed by atoms with van der Waals surface area (Å²) in [7, 11) is -4.40. The van der Waals surface area contributed by atoms with Crippen LogP contribution in [-0.2, 0) is 26.2 Å². The summed E-state index contributed by atoms with van der Waals surface area (Å²) < 4.78 is 62.5. The molecule has 1 heterocycles. The molecule has 0 saturated heterocycles. The Kier molecular flexibility index (Phi) is 5.70. The first-order chi connectivity index (χ1) is 12.6. The number of alkyl halides is 3. The molecule has 0 atom stereocenters. The summed E-state index contributed by atoms with van der Waals surface area (Å²) in [4.78, 5) is 16.4. The smallest absolute Gasteiger partial charge is 0.301 e. The average molecular weight is 435 g/mol. The van der Waals surface area contributed by atoms with Crippen molar-refractivity contribution < 1.29 is 26.4 Å². The molecular weight excluding hydrogens is 413 g/mol. The second-order valence-electron chi connectivity index (χ2n) is 7.78. The molecular formula is C18H21F3N2O3S2. The number of nitrogens with one attached hydrogen (secondary N) is 1. The molecule has 154 valence electrons. The second kappa shape index (κ2) is 7.14. The third-order valence-electron chi connectivity index (χ3n) is 4.18. The van der Waals surface area contributed by atoms with Crippen LogP contribution in [0.25, 0.3) is 0 Å². The van der Waals surface area contributed by atoms with Gasteiger partial charge in [-0.25, -0.2) is 13.4 Å². The standard InChI is InChI=1S/C18H21F3N2O3S2/c1-16(2,3)13-10-27-15(22-13)23-14(24)17(4,5)28(25,26)12-8-6-7-11(9-12)18(19,20)21/h6-10H,1-5H3,(H,22,23,24). The van der Waals surface area contributed by atoms with Crippen molar-refractivity contribution in [2.45, 2.75) is 55.9 Å². The van der Waals surface area contributed by atoms with E-state index in [1.165, 1.54) is 0 Å². The zero-order chi connectivity index (χ0) is 21.5. The van der Waals surface area contributed by atoms with Crippen molar-refractivity contribution in [2.24, 2.45) is 0 Å². The molecule has 1 aromatic heterocycles. The van der Waals surface area contributed by atoms with Gasteiger partial charge in [0.1, 0.15) is 4.75 Å². The van der Waals surface area contributed by atoms with Gasteiger partial charge in [0.25, 0.3) is 0 Å². The fourth-order valence-electron chi connectivity index (χ4n) is 2.18. The van der Waals surface area contributed by atoms with Gasteiger partial charge in [-0.3, -0.25) is 4.79 Å². The molecule has 0 aliphatic rings. The van der Waals surface area contributed by atoms with E-state index < -0.39 is 37.1 Å². The van der Waals surface area contributed by atoms with E-state index in [0.717, 1.165) is 49.1 Å². The molecule has 10 heteroatoms. The van der Waals surface area contributed by atoms with Gasteiger partial charge >= 0.3 is 6.18 Å². The van der Waals surface area contributed by atoms with Crippen LogP contribution in [0.15, 0.2) is 34.5 Å². The lowest BCUT2D eigenvalue weighted by atomic mass is 9.93. The van der Waals surface area contributed by atoms with Gasteiger partial charge in [0.15, 0.2) is 15.0 Å². The SMILES string of the molecule is CC(C)(C)c1csc(NC(=O)C(C)(C)S(=O)(=O)c2cccc(C(F)(F)F)c2)n1. The topological polar surface area (TPSA) is 76.1 Å². The largest absolute Gasteiger partial charge is 0.416 e. The summed E-state index contributed by atoms with van der Waals surface area (Å²) in [6, 6.07) is 3.35. The molecule has 0 fully saturated rings. The van der Waals surface area contributed by atoms with Gasteiger partial charge in [-0.2, -0.15) is 13.2 Å². The fourth-order valence-corrected chi connectivity index (χ4v) is 4.54. The minimum atomic E-state index is -4.69. The molecule has 0 saturated carbocycles. The average Bonchev–Trinajstić information content (AvgIpc) is 3.02. The molecule has 2 rings (SSSR count). The second-order valence-corrected chi connectivity index (χ2v) is 11.1. The number of amides is 1. The Bertz CT molecular complexity index is 988. The van der Waals surface area contributed by atoms with Crippen molar-refractivity contribution in [1.82, 2.24) is 4.98 Å². The number of halogens is 3. The Morgan fingerprint density at radius 1 is 1.11 bits per heavy atom. The van der Waals surface area contributed by atoms with Gasteiger partial charge < -0.3 is 5.32 Å². The first kappa shape index (κ1) is 22.4. The van der Waals surface area contributed by atoms with E-state index >= 15 is 0 Å². The molecule has 0 spiro atoms. The summed E-state index contributed by atoms with van der Waals surface area (Å²) >= 11 is 1.15. The summed E-state index contributed by atoms with van der Waals surface area (Å²) in [5.74, 6) is -0.875. The van der Waals surface area contributed by atoms with E-state index in [-0.39, 0.29) is 10.5 Å². The number of nitrogens with zero attached hydrogens (tertiary/aromatic N) is 1. The van der Waals surface area contributed by atoms with Crippen molar-refractivity contribution in [3.05, 3.63) is 40.9 Å². The van der Waals surface area contributed by atoms with Crippen LogP contribution >= 0.6 is 11.3 Å². The third-order valence-corrected chi connectivity index (χ3v) is 7.34. The van der Waals surface area contributed by atoms with Gasteiger partial charge in [-0.05, 0) is 32.0 Å². The van der Waals surface area contributed by atoms with Crippen LogP contribution in [0.3, 0.4) is 0 Å². The highest BCUT2D eigenvalue weighted by Gasteiger charge is 2.44. The molecule has 0 unspecified atom stereocenters. The Labute approximate surface area is 165 Å². The number of carbonyl (C=O) groups excluding carboxylic acids is 1. The molecule has 1 N–H and O–H groups in total. The Morgan fingerprint density at radius 2 is 1.71 bits per heavy atom. The number of thiazole rings is 1. The first-order valence-corrected chi connectivity index (χ1v) is 10.6. The minimum absolute atomic E-state index is 0.224. The zero-order valence-corrected chi connectivity index (χ0v) is 17.6. The molecule has 2 aromatic rings. The number of aromatic nitrogens is 1. The highest BCUT2D eigenvalue weighted by atomic mass is 32.2. The predicted molar refractivity (Wildman–Crippen MR) is 102 cm³/mol. The Hall–Kier alpha value is -1.94. The van der Waals surface area contributed by atoms with E-state index in [2.05, 4.69) is 10.3 Å². The maximum absolute atomic E-state index is 12.9. The quantitative estimate of drug-likeness (QED) is 0.760. The molecule has 5 nitrogen and oxygen atoms in total. The number of sulfone groups is 1. The number of hydrogen-bond donors (Lipinski definition) is 1. The number of hydrogen-bond acceptors (Lipinski definition) is 5. The predicted octanol–water partition coefficient (Wildman–Crippen LogP) is 4.65. The van der Waals surface area contributed by atoms with Gasteiger partial charge in [-0.15, -0.1) is 11.3 Å². The van der Waals surface area contributed by atoms with Crippen LogP contribution < -0.4 is 5.32 Å². The maximum atomic E-state index is 12.9. The highest BCUT2D eigenvalue weighted by molar-refractivity contribution is 7.93. The molecule has 0 aliphatic heterocycles. The monoisotopic (exact) mass is 434 g/mol. The van der Waals surface area contributed by atoms with Crippen LogP contribution in [0, 0.1) is 0 Å². The zero-order valence-electron chi connectivity index (χ0n) is 16.0. The lowest BCUT2D eigenvalue weighted by Gasteiger charge is -2.23. The molecule has 0 aliphatic carbocycles. The molecule has 1 amide bonds. The van der Waals surface area contributed by atoms with Crippen LogP contribution in [0.2, 0.25) is 0 Å². The van der Waals surface area contributed by atoms with Crippen LogP contribution in [0.1, 0.15) is 45.9 Å². The third kappa shape index (κ3) is 4.38. The summed E-state index contributed by atoms with van der Waals surface area (Å²) in [6.07, 6.45) is -4.69. The molecule has 28 heavy (non-hydrogen) atoms. The van der Waals surface area contributed by atoms with Crippen LogP contribution in [0.5, 0.6) is 0 Å². The lowest BCUT2D eigenvalue weighted by Crippen LogP contribution is -2.44. The van der Waals surface area contributed by atoms with E-state index in [9.17, 15) is 26.4 Å². The van der Waals surface area contributed by atoms with Crippen molar-refractivity contribution in [1.29, 1.82) is 0 Å².